The molecule has 6 nitrogen and oxygen atoms in total. The third kappa shape index (κ3) is 4.74. The molecule has 158 valence electrons. The molecule has 1 saturated heterocycles. The van der Waals surface area contributed by atoms with E-state index in [1.54, 1.807) is 12.1 Å². The Hall–Kier alpha value is -2.64. The van der Waals surface area contributed by atoms with Gasteiger partial charge in [-0.15, -0.1) is 0 Å². The third-order valence-electron chi connectivity index (χ3n) is 5.22. The summed E-state index contributed by atoms with van der Waals surface area (Å²) in [6.07, 6.45) is 2.37. The van der Waals surface area contributed by atoms with E-state index in [0.29, 0.717) is 28.9 Å². The van der Waals surface area contributed by atoms with E-state index in [0.717, 1.165) is 24.2 Å². The van der Waals surface area contributed by atoms with Crippen molar-refractivity contribution in [1.82, 2.24) is 14.9 Å². The van der Waals surface area contributed by atoms with Crippen molar-refractivity contribution in [2.75, 3.05) is 39.2 Å². The van der Waals surface area contributed by atoms with Crippen molar-refractivity contribution in [2.45, 2.75) is 12.8 Å². The number of benzene rings is 2. The molecular weight excluding hydrogens is 407 g/mol. The fourth-order valence-electron chi connectivity index (χ4n) is 3.71. The number of hydrogen-bond donors (Lipinski definition) is 1. The molecule has 0 saturated carbocycles. The quantitative estimate of drug-likeness (QED) is 0.600. The molecule has 2 heterocycles. The van der Waals surface area contributed by atoms with E-state index in [4.69, 9.17) is 21.1 Å². The number of piperidine rings is 1. The molecule has 0 aliphatic carbocycles. The zero-order valence-electron chi connectivity index (χ0n) is 17.0. The lowest BCUT2D eigenvalue weighted by molar-refractivity contribution is 0.150. The SMILES string of the molecule is COc1nc(Nc2ccc(Cl)cc2F)c2ccc(OC[C@H]3CCCN(C)C3)cc2n1. The minimum atomic E-state index is -0.467. The van der Waals surface area contributed by atoms with Crippen LogP contribution in [0.1, 0.15) is 12.8 Å². The zero-order valence-corrected chi connectivity index (χ0v) is 17.7. The third-order valence-corrected chi connectivity index (χ3v) is 5.46. The van der Waals surface area contributed by atoms with Gasteiger partial charge < -0.3 is 19.7 Å². The first-order valence-corrected chi connectivity index (χ1v) is 10.3. The van der Waals surface area contributed by atoms with E-state index >= 15 is 0 Å². The van der Waals surface area contributed by atoms with Gasteiger partial charge in [-0.1, -0.05) is 11.6 Å². The molecule has 30 heavy (non-hydrogen) atoms. The second-order valence-corrected chi connectivity index (χ2v) is 8.00. The Bertz CT molecular complexity index is 1050. The summed E-state index contributed by atoms with van der Waals surface area (Å²) in [6, 6.07) is 10.2. The van der Waals surface area contributed by atoms with Gasteiger partial charge in [0.2, 0.25) is 0 Å². The normalized spacial score (nSPS) is 17.1. The maximum atomic E-state index is 14.2. The van der Waals surface area contributed by atoms with Gasteiger partial charge in [0.25, 0.3) is 0 Å². The van der Waals surface area contributed by atoms with Crippen molar-refractivity contribution >= 4 is 34.0 Å². The number of fused-ring (bicyclic) bond motifs is 1. The molecule has 2 aromatic carbocycles. The van der Waals surface area contributed by atoms with Crippen LogP contribution in [0.15, 0.2) is 36.4 Å². The summed E-state index contributed by atoms with van der Waals surface area (Å²) in [5.41, 5.74) is 0.917. The highest BCUT2D eigenvalue weighted by molar-refractivity contribution is 6.30. The predicted molar refractivity (Wildman–Crippen MR) is 116 cm³/mol. The average molecular weight is 431 g/mol. The maximum absolute atomic E-state index is 14.2. The number of halogens is 2. The van der Waals surface area contributed by atoms with Crippen LogP contribution in [0.3, 0.4) is 0 Å². The molecule has 3 aromatic rings. The highest BCUT2D eigenvalue weighted by Crippen LogP contribution is 2.30. The molecule has 1 atom stereocenters. The number of aromatic nitrogens is 2. The van der Waals surface area contributed by atoms with Crippen molar-refractivity contribution in [3.63, 3.8) is 0 Å². The number of methoxy groups -OCH3 is 1. The lowest BCUT2D eigenvalue weighted by Gasteiger charge is -2.29. The van der Waals surface area contributed by atoms with Crippen molar-refractivity contribution in [1.29, 1.82) is 0 Å². The van der Waals surface area contributed by atoms with E-state index in [1.807, 2.05) is 18.2 Å². The summed E-state index contributed by atoms with van der Waals surface area (Å²) in [4.78, 5) is 11.1. The van der Waals surface area contributed by atoms with Crippen LogP contribution in [-0.2, 0) is 0 Å². The van der Waals surface area contributed by atoms with Gasteiger partial charge in [0.1, 0.15) is 17.4 Å². The lowest BCUT2D eigenvalue weighted by atomic mass is 10.00. The van der Waals surface area contributed by atoms with Crippen LogP contribution in [0, 0.1) is 11.7 Å². The first-order chi connectivity index (χ1) is 14.5. The number of ether oxygens (including phenoxy) is 2. The molecule has 1 aliphatic heterocycles. The average Bonchev–Trinajstić information content (AvgIpc) is 2.74. The molecule has 0 bridgehead atoms. The Balaban J connectivity index is 1.58. The second kappa shape index (κ2) is 9.02. The fourth-order valence-corrected chi connectivity index (χ4v) is 3.87. The number of nitrogens with zero attached hydrogens (tertiary/aromatic N) is 3. The summed E-state index contributed by atoms with van der Waals surface area (Å²) < 4.78 is 25.5. The van der Waals surface area contributed by atoms with Crippen LogP contribution < -0.4 is 14.8 Å². The van der Waals surface area contributed by atoms with Crippen LogP contribution in [0.2, 0.25) is 5.02 Å². The molecule has 0 spiro atoms. The van der Waals surface area contributed by atoms with Crippen molar-refractivity contribution in [3.05, 3.63) is 47.2 Å². The smallest absolute Gasteiger partial charge is 0.318 e. The van der Waals surface area contributed by atoms with Gasteiger partial charge in [-0.05, 0) is 56.8 Å². The molecular formula is C22H24ClFN4O2. The van der Waals surface area contributed by atoms with Gasteiger partial charge in [-0.25, -0.2) is 4.39 Å². The standard InChI is InChI=1S/C22H24ClFN4O2/c1-28-9-3-4-14(12-28)13-30-16-6-7-17-20(11-16)26-22(29-2)27-21(17)25-19-8-5-15(23)10-18(19)24/h5-8,10-11,14H,3-4,9,12-13H2,1-2H3,(H,25,26,27)/t14-/m0/s1. The van der Waals surface area contributed by atoms with E-state index in [-0.39, 0.29) is 11.7 Å². The number of hydrogen-bond acceptors (Lipinski definition) is 6. The van der Waals surface area contributed by atoms with Crippen LogP contribution in [0.4, 0.5) is 15.9 Å². The van der Waals surface area contributed by atoms with Crippen molar-refractivity contribution in [3.8, 4) is 11.8 Å². The first kappa shape index (κ1) is 20.6. The van der Waals surface area contributed by atoms with Gasteiger partial charge in [-0.2, -0.15) is 9.97 Å². The van der Waals surface area contributed by atoms with E-state index in [1.165, 1.54) is 26.0 Å². The topological polar surface area (TPSA) is 59.5 Å². The van der Waals surface area contributed by atoms with Crippen molar-refractivity contribution < 1.29 is 13.9 Å². The molecule has 1 N–H and O–H groups in total. The van der Waals surface area contributed by atoms with Crippen LogP contribution in [0.5, 0.6) is 11.8 Å². The highest BCUT2D eigenvalue weighted by Gasteiger charge is 2.18. The lowest BCUT2D eigenvalue weighted by Crippen LogP contribution is -2.34. The number of likely N-dealkylation sites (tertiary alicyclic amines) is 1. The first-order valence-electron chi connectivity index (χ1n) is 9.91. The fraction of sp³-hybridized carbons (Fsp3) is 0.364. The van der Waals surface area contributed by atoms with Gasteiger partial charge in [0, 0.05) is 28.9 Å². The monoisotopic (exact) mass is 430 g/mol. The van der Waals surface area contributed by atoms with Gasteiger partial charge in [-0.3, -0.25) is 0 Å². The van der Waals surface area contributed by atoms with Crippen molar-refractivity contribution in [2.24, 2.45) is 5.92 Å². The summed E-state index contributed by atoms with van der Waals surface area (Å²) in [5, 5.41) is 4.07. The van der Waals surface area contributed by atoms with E-state index < -0.39 is 5.82 Å². The molecule has 0 unspecified atom stereocenters. The second-order valence-electron chi connectivity index (χ2n) is 7.57. The summed E-state index contributed by atoms with van der Waals surface area (Å²) in [5.74, 6) is 1.23. The molecule has 0 amide bonds. The Morgan fingerprint density at radius 3 is 2.87 bits per heavy atom. The minimum absolute atomic E-state index is 0.186. The summed E-state index contributed by atoms with van der Waals surface area (Å²) in [6.45, 7) is 2.86. The largest absolute Gasteiger partial charge is 0.493 e. The zero-order chi connectivity index (χ0) is 21.1. The molecule has 1 aromatic heterocycles. The van der Waals surface area contributed by atoms with E-state index in [2.05, 4.69) is 27.2 Å². The number of anilines is 2. The highest BCUT2D eigenvalue weighted by atomic mass is 35.5. The van der Waals surface area contributed by atoms with Gasteiger partial charge >= 0.3 is 6.01 Å². The molecule has 4 rings (SSSR count). The summed E-state index contributed by atoms with van der Waals surface area (Å²) in [7, 11) is 3.64. The predicted octanol–water partition coefficient (Wildman–Crippen LogP) is 4.90. The molecule has 1 fully saturated rings. The van der Waals surface area contributed by atoms with Crippen LogP contribution in [-0.4, -0.2) is 48.7 Å². The maximum Gasteiger partial charge on any atom is 0.318 e. The van der Waals surface area contributed by atoms with Gasteiger partial charge in [0.15, 0.2) is 0 Å². The molecule has 8 heteroatoms. The molecule has 1 aliphatic rings. The Morgan fingerprint density at radius 2 is 2.10 bits per heavy atom. The Morgan fingerprint density at radius 1 is 1.23 bits per heavy atom. The Kier molecular flexibility index (Phi) is 6.20. The van der Waals surface area contributed by atoms with Gasteiger partial charge in [0.05, 0.1) is 24.9 Å². The van der Waals surface area contributed by atoms with Crippen LogP contribution >= 0.6 is 11.6 Å². The Labute approximate surface area is 180 Å². The summed E-state index contributed by atoms with van der Waals surface area (Å²) >= 11 is 5.84. The van der Waals surface area contributed by atoms with Crippen LogP contribution in [0.25, 0.3) is 10.9 Å². The number of rotatable bonds is 6. The minimum Gasteiger partial charge on any atom is -0.493 e. The van der Waals surface area contributed by atoms with E-state index in [9.17, 15) is 4.39 Å². The molecule has 0 radical (unpaired) electrons. The number of nitrogens with one attached hydrogen (secondary N) is 1.